The van der Waals surface area contributed by atoms with Crippen LogP contribution >= 0.6 is 0 Å². The minimum atomic E-state index is -0.314. The molecule has 0 fully saturated rings. The molecule has 0 atom stereocenters. The summed E-state index contributed by atoms with van der Waals surface area (Å²) in [6.45, 7) is 2.47. The fourth-order valence-corrected chi connectivity index (χ4v) is 2.52. The number of anilines is 3. The van der Waals surface area contributed by atoms with E-state index in [1.165, 1.54) is 12.1 Å². The number of pyridine rings is 1. The summed E-state index contributed by atoms with van der Waals surface area (Å²) in [4.78, 5) is 18.6. The SMILES string of the molecule is CCN(C(=O)c1ccc(Nc2cccc(F)c2)cn1)c1ccccc1. The van der Waals surface area contributed by atoms with Crippen molar-refractivity contribution < 1.29 is 9.18 Å². The predicted molar refractivity (Wildman–Crippen MR) is 97.7 cm³/mol. The van der Waals surface area contributed by atoms with Gasteiger partial charge >= 0.3 is 0 Å². The fraction of sp³-hybridized carbons (Fsp3) is 0.100. The van der Waals surface area contributed by atoms with Crippen LogP contribution in [0.3, 0.4) is 0 Å². The third-order valence-corrected chi connectivity index (χ3v) is 3.73. The molecule has 3 rings (SSSR count). The van der Waals surface area contributed by atoms with Gasteiger partial charge in [0, 0.05) is 17.9 Å². The molecule has 1 amide bonds. The molecular formula is C20H18FN3O. The van der Waals surface area contributed by atoms with Crippen molar-refractivity contribution in [3.63, 3.8) is 0 Å². The number of benzene rings is 2. The van der Waals surface area contributed by atoms with Crippen molar-refractivity contribution in [2.75, 3.05) is 16.8 Å². The number of para-hydroxylation sites is 1. The number of aromatic nitrogens is 1. The van der Waals surface area contributed by atoms with Crippen LogP contribution in [-0.4, -0.2) is 17.4 Å². The molecule has 3 aromatic rings. The first-order chi connectivity index (χ1) is 12.2. The molecule has 0 spiro atoms. The van der Waals surface area contributed by atoms with E-state index in [1.54, 1.807) is 35.4 Å². The molecule has 1 aromatic heterocycles. The second-order valence-electron chi connectivity index (χ2n) is 5.45. The zero-order chi connectivity index (χ0) is 17.6. The number of carbonyl (C=O) groups excluding carboxylic acids is 1. The van der Waals surface area contributed by atoms with Crippen LogP contribution in [0.25, 0.3) is 0 Å². The molecule has 1 N–H and O–H groups in total. The van der Waals surface area contributed by atoms with E-state index >= 15 is 0 Å². The van der Waals surface area contributed by atoms with Gasteiger partial charge in [-0.3, -0.25) is 4.79 Å². The number of nitrogens with zero attached hydrogens (tertiary/aromatic N) is 2. The summed E-state index contributed by atoms with van der Waals surface area (Å²) in [7, 11) is 0. The van der Waals surface area contributed by atoms with Crippen LogP contribution in [0.2, 0.25) is 0 Å². The molecule has 0 bridgehead atoms. The highest BCUT2D eigenvalue weighted by atomic mass is 19.1. The van der Waals surface area contributed by atoms with Gasteiger partial charge in [-0.2, -0.15) is 0 Å². The maximum atomic E-state index is 13.2. The van der Waals surface area contributed by atoms with Crippen LogP contribution in [0.15, 0.2) is 72.9 Å². The van der Waals surface area contributed by atoms with Crippen LogP contribution < -0.4 is 10.2 Å². The zero-order valence-corrected chi connectivity index (χ0v) is 13.8. The van der Waals surface area contributed by atoms with Gasteiger partial charge in [-0.05, 0) is 49.4 Å². The van der Waals surface area contributed by atoms with E-state index in [4.69, 9.17) is 0 Å². The van der Waals surface area contributed by atoms with Gasteiger partial charge in [0.1, 0.15) is 11.5 Å². The quantitative estimate of drug-likeness (QED) is 0.739. The normalized spacial score (nSPS) is 10.3. The Bertz CT molecular complexity index is 850. The molecule has 0 unspecified atom stereocenters. The van der Waals surface area contributed by atoms with E-state index < -0.39 is 0 Å². The van der Waals surface area contributed by atoms with Gasteiger partial charge in [-0.25, -0.2) is 9.37 Å². The summed E-state index contributed by atoms with van der Waals surface area (Å²) in [6, 6.07) is 19.1. The highest BCUT2D eigenvalue weighted by molar-refractivity contribution is 6.04. The largest absolute Gasteiger partial charge is 0.354 e. The predicted octanol–water partition coefficient (Wildman–Crippen LogP) is 4.63. The minimum Gasteiger partial charge on any atom is -0.354 e. The lowest BCUT2D eigenvalue weighted by Gasteiger charge is -2.20. The molecule has 0 aliphatic heterocycles. The number of hydrogen-bond donors (Lipinski definition) is 1. The molecular weight excluding hydrogens is 317 g/mol. The van der Waals surface area contributed by atoms with Gasteiger partial charge in [0.05, 0.1) is 11.9 Å². The van der Waals surface area contributed by atoms with Crippen LogP contribution in [0.1, 0.15) is 17.4 Å². The average molecular weight is 335 g/mol. The standard InChI is InChI=1S/C20H18FN3O/c1-2-24(18-9-4-3-5-10-18)20(25)19-12-11-17(14-22-19)23-16-8-6-7-15(21)13-16/h3-14,23H,2H2,1H3. The summed E-state index contributed by atoms with van der Waals surface area (Å²) in [5.74, 6) is -0.475. The van der Waals surface area contributed by atoms with Gasteiger partial charge < -0.3 is 10.2 Å². The lowest BCUT2D eigenvalue weighted by Crippen LogP contribution is -2.31. The maximum absolute atomic E-state index is 13.2. The Morgan fingerprint density at radius 2 is 1.84 bits per heavy atom. The van der Waals surface area contributed by atoms with Gasteiger partial charge in [-0.1, -0.05) is 24.3 Å². The Morgan fingerprint density at radius 1 is 1.04 bits per heavy atom. The topological polar surface area (TPSA) is 45.2 Å². The van der Waals surface area contributed by atoms with Crippen molar-refractivity contribution in [3.05, 3.63) is 84.4 Å². The van der Waals surface area contributed by atoms with Crippen LogP contribution in [-0.2, 0) is 0 Å². The number of nitrogens with one attached hydrogen (secondary N) is 1. The smallest absolute Gasteiger partial charge is 0.276 e. The number of halogens is 1. The molecule has 25 heavy (non-hydrogen) atoms. The molecule has 126 valence electrons. The first-order valence-electron chi connectivity index (χ1n) is 8.03. The van der Waals surface area contributed by atoms with Crippen molar-refractivity contribution in [3.8, 4) is 0 Å². The van der Waals surface area contributed by atoms with Gasteiger partial charge in [0.2, 0.25) is 0 Å². The molecule has 5 heteroatoms. The van der Waals surface area contributed by atoms with Crippen molar-refractivity contribution in [2.45, 2.75) is 6.92 Å². The molecule has 0 radical (unpaired) electrons. The molecule has 1 heterocycles. The molecule has 0 saturated heterocycles. The highest BCUT2D eigenvalue weighted by Crippen LogP contribution is 2.19. The van der Waals surface area contributed by atoms with E-state index in [0.29, 0.717) is 23.6 Å². The third-order valence-electron chi connectivity index (χ3n) is 3.73. The maximum Gasteiger partial charge on any atom is 0.276 e. The molecule has 0 saturated carbocycles. The summed E-state index contributed by atoms with van der Waals surface area (Å²) >= 11 is 0. The highest BCUT2D eigenvalue weighted by Gasteiger charge is 2.17. The van der Waals surface area contributed by atoms with Crippen molar-refractivity contribution >= 4 is 23.0 Å². The van der Waals surface area contributed by atoms with E-state index in [1.807, 2.05) is 37.3 Å². The Balaban J connectivity index is 1.76. The molecule has 4 nitrogen and oxygen atoms in total. The molecule has 0 aliphatic rings. The Morgan fingerprint density at radius 3 is 2.48 bits per heavy atom. The fourth-order valence-electron chi connectivity index (χ4n) is 2.52. The first-order valence-corrected chi connectivity index (χ1v) is 8.03. The summed E-state index contributed by atoms with van der Waals surface area (Å²) < 4.78 is 13.2. The lowest BCUT2D eigenvalue weighted by atomic mass is 10.2. The van der Waals surface area contributed by atoms with E-state index in [-0.39, 0.29) is 11.7 Å². The zero-order valence-electron chi connectivity index (χ0n) is 13.8. The van der Waals surface area contributed by atoms with Crippen LogP contribution in [0.5, 0.6) is 0 Å². The van der Waals surface area contributed by atoms with Crippen LogP contribution in [0.4, 0.5) is 21.5 Å². The molecule has 0 aliphatic carbocycles. The Hall–Kier alpha value is -3.21. The monoisotopic (exact) mass is 335 g/mol. The summed E-state index contributed by atoms with van der Waals surface area (Å²) in [5.41, 5.74) is 2.50. The number of hydrogen-bond acceptors (Lipinski definition) is 3. The summed E-state index contributed by atoms with van der Waals surface area (Å²) in [6.07, 6.45) is 1.57. The number of carbonyl (C=O) groups is 1. The lowest BCUT2D eigenvalue weighted by molar-refractivity contribution is 0.0983. The van der Waals surface area contributed by atoms with E-state index in [0.717, 1.165) is 5.69 Å². The Kier molecular flexibility index (Phi) is 5.04. The van der Waals surface area contributed by atoms with Gasteiger partial charge in [0.25, 0.3) is 5.91 Å². The van der Waals surface area contributed by atoms with E-state index in [2.05, 4.69) is 10.3 Å². The van der Waals surface area contributed by atoms with E-state index in [9.17, 15) is 9.18 Å². The van der Waals surface area contributed by atoms with Crippen molar-refractivity contribution in [1.29, 1.82) is 0 Å². The van der Waals surface area contributed by atoms with Gasteiger partial charge in [0.15, 0.2) is 0 Å². The van der Waals surface area contributed by atoms with Crippen molar-refractivity contribution in [2.24, 2.45) is 0 Å². The number of rotatable bonds is 5. The first kappa shape index (κ1) is 16.6. The van der Waals surface area contributed by atoms with Gasteiger partial charge in [-0.15, -0.1) is 0 Å². The Labute approximate surface area is 145 Å². The summed E-state index contributed by atoms with van der Waals surface area (Å²) in [5, 5.41) is 3.06. The molecule has 2 aromatic carbocycles. The third kappa shape index (κ3) is 4.01. The minimum absolute atomic E-state index is 0.161. The van der Waals surface area contributed by atoms with Crippen molar-refractivity contribution in [1.82, 2.24) is 4.98 Å². The second-order valence-corrected chi connectivity index (χ2v) is 5.45. The second kappa shape index (κ2) is 7.57. The van der Waals surface area contributed by atoms with Crippen LogP contribution in [0, 0.1) is 5.82 Å². The number of amides is 1. The average Bonchev–Trinajstić information content (AvgIpc) is 2.64.